The lowest BCUT2D eigenvalue weighted by molar-refractivity contribution is -0.663. The lowest BCUT2D eigenvalue weighted by atomic mass is 9.98. The van der Waals surface area contributed by atoms with E-state index in [4.69, 9.17) is 4.42 Å². The maximum atomic E-state index is 5.77. The highest BCUT2D eigenvalue weighted by atomic mass is 32.2. The van der Waals surface area contributed by atoms with Gasteiger partial charge in [0.15, 0.2) is 0 Å². The van der Waals surface area contributed by atoms with Gasteiger partial charge in [-0.25, -0.2) is 0 Å². The van der Waals surface area contributed by atoms with E-state index in [1.54, 1.807) is 11.8 Å². The van der Waals surface area contributed by atoms with Gasteiger partial charge in [-0.2, -0.15) is 0 Å². The quantitative estimate of drug-likeness (QED) is 0.865. The summed E-state index contributed by atoms with van der Waals surface area (Å²) in [5.41, 5.74) is 1.28. The summed E-state index contributed by atoms with van der Waals surface area (Å²) in [6, 6.07) is 10.4. The minimum absolute atomic E-state index is 0.462. The number of thioether (sulfide) groups is 1. The first-order valence-corrected chi connectivity index (χ1v) is 7.72. The molecule has 0 bridgehead atoms. The molecule has 1 aliphatic heterocycles. The van der Waals surface area contributed by atoms with Gasteiger partial charge < -0.3 is 9.73 Å². The molecule has 0 amide bonds. The van der Waals surface area contributed by atoms with Crippen LogP contribution in [0.5, 0.6) is 0 Å². The lowest BCUT2D eigenvalue weighted by Crippen LogP contribution is -2.86. The van der Waals surface area contributed by atoms with Crippen molar-refractivity contribution >= 4 is 11.8 Å². The Hall–Kier alpha value is -1.33. The molecule has 5 heteroatoms. The van der Waals surface area contributed by atoms with E-state index in [0.29, 0.717) is 11.1 Å². The fraction of sp³-hybridized carbons (Fsp3) is 0.429. The third kappa shape index (κ3) is 3.36. The van der Waals surface area contributed by atoms with Crippen LogP contribution in [-0.2, 0) is 5.75 Å². The Bertz CT molecular complexity index is 508. The van der Waals surface area contributed by atoms with Gasteiger partial charge in [-0.3, -0.25) is 0 Å². The van der Waals surface area contributed by atoms with Gasteiger partial charge in [0.25, 0.3) is 5.22 Å². The molecule has 0 unspecified atom stereocenters. The molecule has 2 N–H and O–H groups in total. The zero-order valence-electron chi connectivity index (χ0n) is 10.8. The van der Waals surface area contributed by atoms with Crippen molar-refractivity contribution in [2.24, 2.45) is 0 Å². The van der Waals surface area contributed by atoms with E-state index in [2.05, 4.69) is 27.6 Å². The molecule has 4 nitrogen and oxygen atoms in total. The average molecular weight is 276 g/mol. The van der Waals surface area contributed by atoms with Crippen LogP contribution in [0, 0.1) is 0 Å². The van der Waals surface area contributed by atoms with Crippen molar-refractivity contribution in [3.8, 4) is 0 Å². The molecule has 2 aromatic rings. The van der Waals surface area contributed by atoms with Gasteiger partial charge in [0, 0.05) is 24.5 Å². The van der Waals surface area contributed by atoms with Crippen molar-refractivity contribution in [1.29, 1.82) is 0 Å². The molecule has 3 rings (SSSR count). The summed E-state index contributed by atoms with van der Waals surface area (Å²) in [4.78, 5) is 0. The molecule has 1 aromatic carbocycles. The first kappa shape index (κ1) is 12.7. The summed E-state index contributed by atoms with van der Waals surface area (Å²) >= 11 is 1.61. The Morgan fingerprint density at radius 2 is 1.95 bits per heavy atom. The van der Waals surface area contributed by atoms with Crippen LogP contribution in [0.2, 0.25) is 0 Å². The van der Waals surface area contributed by atoms with Crippen molar-refractivity contribution in [2.75, 3.05) is 13.1 Å². The predicted molar refractivity (Wildman–Crippen MR) is 73.9 cm³/mol. The smallest absolute Gasteiger partial charge is 0.276 e. The van der Waals surface area contributed by atoms with E-state index in [1.165, 1.54) is 18.7 Å². The number of nitrogens with zero attached hydrogens (tertiary/aromatic N) is 2. The number of aromatic nitrogens is 2. The molecule has 2 heterocycles. The summed E-state index contributed by atoms with van der Waals surface area (Å²) in [5.74, 6) is 2.16. The fourth-order valence-corrected chi connectivity index (χ4v) is 3.06. The summed E-state index contributed by atoms with van der Waals surface area (Å²) in [7, 11) is 0. The summed E-state index contributed by atoms with van der Waals surface area (Å²) < 4.78 is 5.77. The number of rotatable bonds is 4. The highest BCUT2D eigenvalue weighted by Gasteiger charge is 2.22. The standard InChI is InChI=1S/C14H17N3OS/c1-2-4-11(5-3-1)10-19-14-17-16-13(18-14)12-6-8-15-9-7-12/h1-5,12,15H,6-10H2/p+1. The molecular weight excluding hydrogens is 258 g/mol. The number of quaternary nitrogens is 1. The normalized spacial score (nSPS) is 16.6. The van der Waals surface area contributed by atoms with E-state index in [9.17, 15) is 0 Å². The van der Waals surface area contributed by atoms with Gasteiger partial charge in [-0.1, -0.05) is 42.1 Å². The van der Waals surface area contributed by atoms with E-state index in [0.717, 1.165) is 24.5 Å². The minimum Gasteiger partial charge on any atom is -0.416 e. The SMILES string of the molecule is c1ccc(CSc2nnc(C3CC[NH2+]CC3)o2)cc1. The van der Waals surface area contributed by atoms with Crippen LogP contribution in [0.15, 0.2) is 40.0 Å². The zero-order valence-corrected chi connectivity index (χ0v) is 11.6. The van der Waals surface area contributed by atoms with Crippen LogP contribution in [-0.4, -0.2) is 23.3 Å². The number of benzene rings is 1. The van der Waals surface area contributed by atoms with Crippen molar-refractivity contribution in [2.45, 2.75) is 29.7 Å². The highest BCUT2D eigenvalue weighted by molar-refractivity contribution is 7.98. The number of hydrogen-bond donors (Lipinski definition) is 1. The molecule has 1 fully saturated rings. The van der Waals surface area contributed by atoms with Gasteiger partial charge in [0.1, 0.15) is 0 Å². The molecule has 0 aliphatic carbocycles. The maximum absolute atomic E-state index is 5.77. The van der Waals surface area contributed by atoms with Crippen molar-refractivity contribution < 1.29 is 9.73 Å². The Morgan fingerprint density at radius 3 is 2.74 bits per heavy atom. The van der Waals surface area contributed by atoms with Crippen LogP contribution in [0.3, 0.4) is 0 Å². The molecule has 1 saturated heterocycles. The van der Waals surface area contributed by atoms with E-state index < -0.39 is 0 Å². The van der Waals surface area contributed by atoms with Crippen LogP contribution in [0.25, 0.3) is 0 Å². The predicted octanol–water partition coefficient (Wildman–Crippen LogP) is 1.80. The van der Waals surface area contributed by atoms with Gasteiger partial charge in [0.2, 0.25) is 5.89 Å². The first-order valence-electron chi connectivity index (χ1n) is 6.73. The fourth-order valence-electron chi connectivity index (χ4n) is 2.34. The highest BCUT2D eigenvalue weighted by Crippen LogP contribution is 2.27. The van der Waals surface area contributed by atoms with Gasteiger partial charge in [-0.15, -0.1) is 10.2 Å². The first-order chi connectivity index (χ1) is 9.42. The molecule has 0 saturated carbocycles. The average Bonchev–Trinajstić information content (AvgIpc) is 2.96. The Morgan fingerprint density at radius 1 is 1.16 bits per heavy atom. The molecule has 100 valence electrons. The molecule has 1 aliphatic rings. The molecule has 19 heavy (non-hydrogen) atoms. The monoisotopic (exact) mass is 276 g/mol. The van der Waals surface area contributed by atoms with Crippen LogP contribution in [0.1, 0.15) is 30.2 Å². The second-order valence-electron chi connectivity index (χ2n) is 4.82. The number of hydrogen-bond acceptors (Lipinski definition) is 4. The summed E-state index contributed by atoms with van der Waals surface area (Å²) in [6.07, 6.45) is 2.29. The van der Waals surface area contributed by atoms with Crippen LogP contribution >= 0.6 is 11.8 Å². The lowest BCUT2D eigenvalue weighted by Gasteiger charge is -2.16. The van der Waals surface area contributed by atoms with Gasteiger partial charge in [0.05, 0.1) is 13.1 Å². The van der Waals surface area contributed by atoms with Crippen LogP contribution in [0.4, 0.5) is 0 Å². The number of nitrogens with two attached hydrogens (primary N) is 1. The Balaban J connectivity index is 1.58. The van der Waals surface area contributed by atoms with E-state index in [1.807, 2.05) is 18.2 Å². The Labute approximate surface area is 117 Å². The van der Waals surface area contributed by atoms with Gasteiger partial charge >= 0.3 is 0 Å². The van der Waals surface area contributed by atoms with Gasteiger partial charge in [-0.05, 0) is 5.56 Å². The minimum atomic E-state index is 0.462. The third-order valence-electron chi connectivity index (χ3n) is 3.41. The molecule has 1 aromatic heterocycles. The maximum Gasteiger partial charge on any atom is 0.276 e. The van der Waals surface area contributed by atoms with Crippen molar-refractivity contribution in [1.82, 2.24) is 10.2 Å². The van der Waals surface area contributed by atoms with Crippen molar-refractivity contribution in [3.63, 3.8) is 0 Å². The van der Waals surface area contributed by atoms with Crippen molar-refractivity contribution in [3.05, 3.63) is 41.8 Å². The third-order valence-corrected chi connectivity index (χ3v) is 4.30. The molecule has 0 atom stereocenters. The largest absolute Gasteiger partial charge is 0.416 e. The topological polar surface area (TPSA) is 55.5 Å². The molecule has 0 spiro atoms. The molecular formula is C14H18N3OS+. The van der Waals surface area contributed by atoms with E-state index in [-0.39, 0.29) is 0 Å². The summed E-state index contributed by atoms with van der Waals surface area (Å²) in [5, 5.41) is 11.4. The summed E-state index contributed by atoms with van der Waals surface area (Å²) in [6.45, 7) is 2.33. The number of piperidine rings is 1. The Kier molecular flexibility index (Phi) is 4.15. The van der Waals surface area contributed by atoms with Crippen LogP contribution < -0.4 is 5.32 Å². The zero-order chi connectivity index (χ0) is 12.9. The molecule has 0 radical (unpaired) electrons. The second kappa shape index (κ2) is 6.21. The van der Waals surface area contributed by atoms with E-state index >= 15 is 0 Å². The second-order valence-corrected chi connectivity index (χ2v) is 5.75.